The third-order valence-corrected chi connectivity index (χ3v) is 9.59. The number of rotatable bonds is 10. The molecular formula is C25H29ClF3N5O2S. The molecule has 1 aliphatic heterocycles. The molecule has 0 radical (unpaired) electrons. The second-order valence-electron chi connectivity index (χ2n) is 9.97. The van der Waals surface area contributed by atoms with Gasteiger partial charge < -0.3 is 11.1 Å². The fraction of sp³-hybridized carbons (Fsp3) is 0.520. The fourth-order valence-electron chi connectivity index (χ4n) is 4.85. The highest BCUT2D eigenvalue weighted by atomic mass is 35.5. The fourth-order valence-corrected chi connectivity index (χ4v) is 6.54. The molecule has 1 aromatic heterocycles. The predicted molar refractivity (Wildman–Crippen MR) is 136 cm³/mol. The second kappa shape index (κ2) is 10.1. The molecule has 0 bridgehead atoms. The van der Waals surface area contributed by atoms with E-state index >= 15 is 0 Å². The summed E-state index contributed by atoms with van der Waals surface area (Å²) in [5, 5.41) is 3.40. The Kier molecular flexibility index (Phi) is 7.53. The summed E-state index contributed by atoms with van der Waals surface area (Å²) in [5.41, 5.74) is 4.88. The van der Waals surface area contributed by atoms with E-state index in [4.69, 9.17) is 17.3 Å². The van der Waals surface area contributed by atoms with E-state index in [0.29, 0.717) is 28.4 Å². The minimum Gasteiger partial charge on any atom is -0.366 e. The van der Waals surface area contributed by atoms with Crippen LogP contribution in [0.1, 0.15) is 52.5 Å². The molecule has 12 heteroatoms. The highest BCUT2D eigenvalue weighted by molar-refractivity contribution is 8.08. The van der Waals surface area contributed by atoms with Crippen molar-refractivity contribution in [2.45, 2.75) is 54.8 Å². The predicted octanol–water partition coefficient (Wildman–Crippen LogP) is 4.09. The first-order valence-electron chi connectivity index (χ1n) is 11.8. The van der Waals surface area contributed by atoms with Gasteiger partial charge in [-0.2, -0.15) is 13.2 Å². The number of carbonyl (C=O) groups excluding carboxylic acids is 2. The van der Waals surface area contributed by atoms with Crippen LogP contribution in [0.4, 0.5) is 13.2 Å². The summed E-state index contributed by atoms with van der Waals surface area (Å²) in [6, 6.07) is 4.93. The summed E-state index contributed by atoms with van der Waals surface area (Å²) >= 11 is 8.00. The summed E-state index contributed by atoms with van der Waals surface area (Å²) in [7, 11) is 3.79. The van der Waals surface area contributed by atoms with Crippen LogP contribution >= 0.6 is 23.4 Å². The monoisotopic (exact) mass is 555 g/mol. The molecule has 1 unspecified atom stereocenters. The number of benzene rings is 1. The van der Waals surface area contributed by atoms with Crippen molar-refractivity contribution in [2.24, 2.45) is 11.1 Å². The van der Waals surface area contributed by atoms with Crippen molar-refractivity contribution >= 4 is 35.2 Å². The van der Waals surface area contributed by atoms with Crippen molar-refractivity contribution in [2.75, 3.05) is 20.6 Å². The maximum Gasteiger partial charge on any atom is 0.395 e. The van der Waals surface area contributed by atoms with Crippen molar-refractivity contribution in [1.29, 1.82) is 0 Å². The van der Waals surface area contributed by atoms with Crippen LogP contribution in [0.25, 0.3) is 0 Å². The smallest absolute Gasteiger partial charge is 0.366 e. The topological polar surface area (TPSA) is 101 Å². The third kappa shape index (κ3) is 5.58. The number of carbonyl (C=O) groups is 2. The molecule has 2 amide bonds. The zero-order chi connectivity index (χ0) is 27.2. The van der Waals surface area contributed by atoms with E-state index in [0.717, 1.165) is 5.56 Å². The number of halogens is 4. The van der Waals surface area contributed by atoms with Crippen LogP contribution in [-0.4, -0.2) is 63.6 Å². The van der Waals surface area contributed by atoms with E-state index in [2.05, 4.69) is 15.3 Å². The minimum absolute atomic E-state index is 0.0167. The van der Waals surface area contributed by atoms with Gasteiger partial charge in [0, 0.05) is 47.1 Å². The van der Waals surface area contributed by atoms with Crippen LogP contribution in [0, 0.1) is 12.3 Å². The molecular weight excluding hydrogens is 527 g/mol. The molecule has 4 rings (SSSR count). The number of primary amides is 1. The molecule has 1 aromatic carbocycles. The van der Waals surface area contributed by atoms with Crippen LogP contribution in [0.3, 0.4) is 0 Å². The van der Waals surface area contributed by atoms with Gasteiger partial charge in [0.05, 0.1) is 10.3 Å². The Hall–Kier alpha value is -2.37. The summed E-state index contributed by atoms with van der Waals surface area (Å²) < 4.78 is 42.0. The number of hydrogen-bond donors (Lipinski definition) is 2. The first-order chi connectivity index (χ1) is 17.3. The zero-order valence-electron chi connectivity index (χ0n) is 20.7. The summed E-state index contributed by atoms with van der Waals surface area (Å²) in [4.78, 5) is 34.1. The molecule has 1 aliphatic carbocycles. The normalized spacial score (nSPS) is 23.0. The molecule has 2 heterocycles. The number of nitrogens with two attached hydrogens (primary N) is 1. The summed E-state index contributed by atoms with van der Waals surface area (Å²) in [6.45, 7) is 1.92. The molecule has 2 aliphatic rings. The Morgan fingerprint density at radius 2 is 1.92 bits per heavy atom. The maximum absolute atomic E-state index is 14.0. The lowest BCUT2D eigenvalue weighted by Crippen LogP contribution is -2.45. The Bertz CT molecular complexity index is 1190. The average molecular weight is 556 g/mol. The largest absolute Gasteiger partial charge is 0.395 e. The average Bonchev–Trinajstić information content (AvgIpc) is 3.73. The van der Waals surface area contributed by atoms with Gasteiger partial charge in [-0.15, -0.1) is 11.8 Å². The van der Waals surface area contributed by atoms with Crippen molar-refractivity contribution in [3.8, 4) is 0 Å². The van der Waals surface area contributed by atoms with Crippen molar-refractivity contribution in [3.63, 3.8) is 0 Å². The number of likely N-dealkylation sites (N-methyl/N-ethyl adjacent to an activating group) is 1. The van der Waals surface area contributed by atoms with Crippen LogP contribution in [0.5, 0.6) is 0 Å². The lowest BCUT2D eigenvalue weighted by Gasteiger charge is -2.29. The lowest BCUT2D eigenvalue weighted by molar-refractivity contribution is -0.194. The minimum atomic E-state index is -4.42. The lowest BCUT2D eigenvalue weighted by atomic mass is 9.81. The number of nitrogens with zero attached hydrogens (tertiary/aromatic N) is 3. The van der Waals surface area contributed by atoms with E-state index in [9.17, 15) is 22.8 Å². The number of aryl methyl sites for hydroxylation is 1. The van der Waals surface area contributed by atoms with E-state index < -0.39 is 34.2 Å². The van der Waals surface area contributed by atoms with E-state index in [-0.39, 0.29) is 31.1 Å². The Morgan fingerprint density at radius 1 is 1.27 bits per heavy atom. The van der Waals surface area contributed by atoms with Crippen molar-refractivity contribution in [1.82, 2.24) is 20.2 Å². The van der Waals surface area contributed by atoms with Crippen LogP contribution in [0.15, 0.2) is 30.6 Å². The molecule has 200 valence electrons. The standard InChI is InChI=1S/C25H29ClF3N5O2S/c1-14-31-11-17(12-32-14)18(23(6-7-23)25(27,28)29)10-21(35)33-13-24(34(2)3)20(37-24)9-15-4-5-16(22(30)36)8-19(15)26/h4-5,8,11-12,18,20H,6-7,9-10,13H2,1-3H3,(H2,30,36)(H,33,35)/t18-,20?,24-/m1/s1. The Balaban J connectivity index is 1.44. The third-order valence-electron chi connectivity index (χ3n) is 7.44. The molecule has 1 saturated heterocycles. The van der Waals surface area contributed by atoms with Gasteiger partial charge in [0.1, 0.15) is 5.82 Å². The van der Waals surface area contributed by atoms with E-state index in [1.807, 2.05) is 19.0 Å². The van der Waals surface area contributed by atoms with Gasteiger partial charge in [0.15, 0.2) is 0 Å². The first-order valence-corrected chi connectivity index (χ1v) is 13.1. The second-order valence-corrected chi connectivity index (χ2v) is 11.9. The van der Waals surface area contributed by atoms with Gasteiger partial charge in [-0.1, -0.05) is 17.7 Å². The molecule has 0 spiro atoms. The summed E-state index contributed by atoms with van der Waals surface area (Å²) in [5.74, 6) is -1.60. The quantitative estimate of drug-likeness (QED) is 0.428. The zero-order valence-corrected chi connectivity index (χ0v) is 22.3. The number of thioether (sulfide) groups is 1. The molecule has 2 fully saturated rings. The van der Waals surface area contributed by atoms with Crippen molar-refractivity contribution < 1.29 is 22.8 Å². The number of alkyl halides is 3. The molecule has 7 nitrogen and oxygen atoms in total. The highest BCUT2D eigenvalue weighted by Crippen LogP contribution is 2.66. The molecule has 2 aromatic rings. The SMILES string of the molecule is Cc1ncc([C@@H](CC(=O)NC[C@@]2(N(C)C)SC2Cc2ccc(C(N)=O)cc2Cl)C2(C(F)(F)F)CC2)cn1. The Morgan fingerprint density at radius 3 is 2.43 bits per heavy atom. The summed E-state index contributed by atoms with van der Waals surface area (Å²) in [6.07, 6.45) is -1.37. The Labute approximate surface area is 222 Å². The first kappa shape index (κ1) is 27.7. The van der Waals surface area contributed by atoms with Crippen molar-refractivity contribution in [3.05, 3.63) is 58.1 Å². The van der Waals surface area contributed by atoms with Crippen LogP contribution in [0.2, 0.25) is 5.02 Å². The van der Waals surface area contributed by atoms with Crippen LogP contribution in [-0.2, 0) is 11.2 Å². The molecule has 37 heavy (non-hydrogen) atoms. The van der Waals surface area contributed by atoms with Gasteiger partial charge in [-0.25, -0.2) is 9.97 Å². The van der Waals surface area contributed by atoms with Gasteiger partial charge in [-0.3, -0.25) is 14.5 Å². The maximum atomic E-state index is 14.0. The molecule has 1 saturated carbocycles. The van der Waals surface area contributed by atoms with Crippen LogP contribution < -0.4 is 11.1 Å². The van der Waals surface area contributed by atoms with Gasteiger partial charge in [0.2, 0.25) is 11.8 Å². The van der Waals surface area contributed by atoms with E-state index in [1.54, 1.807) is 30.8 Å². The molecule has 3 atom stereocenters. The molecule has 3 N–H and O–H groups in total. The highest BCUT2D eigenvalue weighted by Gasteiger charge is 2.67. The van der Waals surface area contributed by atoms with Gasteiger partial charge in [-0.05, 0) is 63.5 Å². The van der Waals surface area contributed by atoms with Gasteiger partial charge in [0.25, 0.3) is 0 Å². The van der Waals surface area contributed by atoms with Gasteiger partial charge >= 0.3 is 6.18 Å². The van der Waals surface area contributed by atoms with E-state index in [1.165, 1.54) is 18.5 Å². The number of aromatic nitrogens is 2. The number of hydrogen-bond acceptors (Lipinski definition) is 6. The number of nitrogens with one attached hydrogen (secondary N) is 1. The number of amides is 2.